The first-order valence-corrected chi connectivity index (χ1v) is 4.69. The molecule has 14 heavy (non-hydrogen) atoms. The third-order valence-corrected chi connectivity index (χ3v) is 2.15. The van der Waals surface area contributed by atoms with E-state index in [1.165, 1.54) is 5.56 Å². The molecular formula is C11H16N2O. The van der Waals surface area contributed by atoms with E-state index in [0.29, 0.717) is 6.54 Å². The van der Waals surface area contributed by atoms with Gasteiger partial charge >= 0.3 is 0 Å². The smallest absolute Gasteiger partial charge is 0.222 e. The lowest BCUT2D eigenvalue weighted by atomic mass is 10.1. The Bertz CT molecular complexity index is 306. The Labute approximate surface area is 84.3 Å². The SMILES string of the molecule is Cc1ccc(NCC(C)C(N)=O)cc1. The molecule has 3 heteroatoms. The highest BCUT2D eigenvalue weighted by molar-refractivity contribution is 5.76. The molecule has 0 saturated carbocycles. The van der Waals surface area contributed by atoms with Gasteiger partial charge in [0.1, 0.15) is 0 Å². The Hall–Kier alpha value is -1.51. The van der Waals surface area contributed by atoms with Crippen molar-refractivity contribution < 1.29 is 4.79 Å². The summed E-state index contributed by atoms with van der Waals surface area (Å²) >= 11 is 0. The lowest BCUT2D eigenvalue weighted by molar-refractivity contribution is -0.120. The molecule has 1 unspecified atom stereocenters. The molecule has 0 saturated heterocycles. The van der Waals surface area contributed by atoms with Crippen LogP contribution in [0.4, 0.5) is 5.69 Å². The number of anilines is 1. The van der Waals surface area contributed by atoms with Gasteiger partial charge in [0.25, 0.3) is 0 Å². The second kappa shape index (κ2) is 4.65. The van der Waals surface area contributed by atoms with Crippen molar-refractivity contribution in [1.29, 1.82) is 0 Å². The molecule has 0 aliphatic carbocycles. The van der Waals surface area contributed by atoms with Crippen molar-refractivity contribution in [2.24, 2.45) is 11.7 Å². The van der Waals surface area contributed by atoms with Crippen LogP contribution in [-0.4, -0.2) is 12.5 Å². The lowest BCUT2D eigenvalue weighted by Gasteiger charge is -2.10. The predicted molar refractivity (Wildman–Crippen MR) is 58.0 cm³/mol. The summed E-state index contributed by atoms with van der Waals surface area (Å²) in [4.78, 5) is 10.8. The Morgan fingerprint density at radius 2 is 2.00 bits per heavy atom. The molecule has 3 N–H and O–H groups in total. The van der Waals surface area contributed by atoms with Crippen molar-refractivity contribution >= 4 is 11.6 Å². The van der Waals surface area contributed by atoms with Gasteiger partial charge in [-0.05, 0) is 19.1 Å². The van der Waals surface area contributed by atoms with Crippen LogP contribution < -0.4 is 11.1 Å². The number of carbonyl (C=O) groups excluding carboxylic acids is 1. The Kier molecular flexibility index (Phi) is 3.51. The lowest BCUT2D eigenvalue weighted by Crippen LogP contribution is -2.26. The number of nitrogens with one attached hydrogen (secondary N) is 1. The van der Waals surface area contributed by atoms with Gasteiger partial charge in [-0.2, -0.15) is 0 Å². The molecular weight excluding hydrogens is 176 g/mol. The highest BCUT2D eigenvalue weighted by atomic mass is 16.1. The molecule has 0 radical (unpaired) electrons. The molecule has 1 aromatic rings. The molecule has 0 aliphatic rings. The van der Waals surface area contributed by atoms with Crippen molar-refractivity contribution in [2.75, 3.05) is 11.9 Å². The summed E-state index contributed by atoms with van der Waals surface area (Å²) in [6.45, 7) is 4.43. The fourth-order valence-corrected chi connectivity index (χ4v) is 1.04. The van der Waals surface area contributed by atoms with Crippen LogP contribution in [0.2, 0.25) is 0 Å². The zero-order valence-electron chi connectivity index (χ0n) is 8.58. The Morgan fingerprint density at radius 1 is 1.43 bits per heavy atom. The topological polar surface area (TPSA) is 55.1 Å². The number of carbonyl (C=O) groups is 1. The van der Waals surface area contributed by atoms with Crippen molar-refractivity contribution in [1.82, 2.24) is 0 Å². The first-order valence-electron chi connectivity index (χ1n) is 4.69. The summed E-state index contributed by atoms with van der Waals surface area (Å²) in [5, 5.41) is 3.15. The highest BCUT2D eigenvalue weighted by Crippen LogP contribution is 2.09. The number of aryl methyl sites for hydroxylation is 1. The number of primary amides is 1. The number of rotatable bonds is 4. The van der Waals surface area contributed by atoms with Crippen LogP contribution >= 0.6 is 0 Å². The van der Waals surface area contributed by atoms with Gasteiger partial charge in [0.05, 0.1) is 5.92 Å². The maximum atomic E-state index is 10.8. The molecule has 0 heterocycles. The average Bonchev–Trinajstić information content (AvgIpc) is 2.16. The minimum atomic E-state index is -0.274. The predicted octanol–water partition coefficient (Wildman–Crippen LogP) is 1.53. The molecule has 1 aromatic carbocycles. The van der Waals surface area contributed by atoms with Gasteiger partial charge in [-0.25, -0.2) is 0 Å². The van der Waals surface area contributed by atoms with Crippen LogP contribution in [0.25, 0.3) is 0 Å². The van der Waals surface area contributed by atoms with Gasteiger partial charge < -0.3 is 11.1 Å². The molecule has 0 bridgehead atoms. The average molecular weight is 192 g/mol. The van der Waals surface area contributed by atoms with E-state index in [4.69, 9.17) is 5.73 Å². The maximum Gasteiger partial charge on any atom is 0.222 e. The standard InChI is InChI=1S/C11H16N2O/c1-8-3-5-10(6-4-8)13-7-9(2)11(12)14/h3-6,9,13H,7H2,1-2H3,(H2,12,14). The molecule has 1 amide bonds. The number of hydrogen-bond donors (Lipinski definition) is 2. The van der Waals surface area contributed by atoms with E-state index in [-0.39, 0.29) is 11.8 Å². The Morgan fingerprint density at radius 3 is 2.50 bits per heavy atom. The van der Waals surface area contributed by atoms with Gasteiger partial charge in [0, 0.05) is 12.2 Å². The summed E-state index contributed by atoms with van der Waals surface area (Å²) in [6.07, 6.45) is 0. The third-order valence-electron chi connectivity index (χ3n) is 2.15. The second-order valence-electron chi connectivity index (χ2n) is 3.55. The normalized spacial score (nSPS) is 12.1. The molecule has 0 aliphatic heterocycles. The van der Waals surface area contributed by atoms with E-state index in [0.717, 1.165) is 5.69 Å². The molecule has 76 valence electrons. The van der Waals surface area contributed by atoms with Crippen molar-refractivity contribution in [3.8, 4) is 0 Å². The van der Waals surface area contributed by atoms with E-state index < -0.39 is 0 Å². The van der Waals surface area contributed by atoms with Gasteiger partial charge in [-0.1, -0.05) is 24.6 Å². The third kappa shape index (κ3) is 3.09. The van der Waals surface area contributed by atoms with E-state index in [9.17, 15) is 4.79 Å². The molecule has 0 fully saturated rings. The fourth-order valence-electron chi connectivity index (χ4n) is 1.04. The van der Waals surface area contributed by atoms with E-state index >= 15 is 0 Å². The summed E-state index contributed by atoms with van der Waals surface area (Å²) in [6, 6.07) is 8.03. The molecule has 0 aromatic heterocycles. The van der Waals surface area contributed by atoms with Crippen molar-refractivity contribution in [3.05, 3.63) is 29.8 Å². The van der Waals surface area contributed by atoms with Crippen molar-refractivity contribution in [2.45, 2.75) is 13.8 Å². The number of hydrogen-bond acceptors (Lipinski definition) is 2. The number of benzene rings is 1. The van der Waals surface area contributed by atoms with Crippen molar-refractivity contribution in [3.63, 3.8) is 0 Å². The molecule has 1 rings (SSSR count). The highest BCUT2D eigenvalue weighted by Gasteiger charge is 2.07. The van der Waals surface area contributed by atoms with E-state index in [1.807, 2.05) is 38.1 Å². The maximum absolute atomic E-state index is 10.8. The van der Waals surface area contributed by atoms with Gasteiger partial charge in [-0.3, -0.25) is 4.79 Å². The van der Waals surface area contributed by atoms with Crippen LogP contribution in [-0.2, 0) is 4.79 Å². The van der Waals surface area contributed by atoms with Crippen LogP contribution in [0.3, 0.4) is 0 Å². The summed E-state index contributed by atoms with van der Waals surface area (Å²) < 4.78 is 0. The summed E-state index contributed by atoms with van der Waals surface area (Å²) in [7, 11) is 0. The fraction of sp³-hybridized carbons (Fsp3) is 0.364. The monoisotopic (exact) mass is 192 g/mol. The zero-order chi connectivity index (χ0) is 10.6. The first kappa shape index (κ1) is 10.6. The van der Waals surface area contributed by atoms with Crippen LogP contribution in [0.15, 0.2) is 24.3 Å². The van der Waals surface area contributed by atoms with Gasteiger partial charge in [-0.15, -0.1) is 0 Å². The van der Waals surface area contributed by atoms with Crippen LogP contribution in [0, 0.1) is 12.8 Å². The summed E-state index contributed by atoms with van der Waals surface area (Å²) in [5.74, 6) is -0.416. The zero-order valence-corrected chi connectivity index (χ0v) is 8.58. The van der Waals surface area contributed by atoms with E-state index in [2.05, 4.69) is 5.32 Å². The van der Waals surface area contributed by atoms with Crippen LogP contribution in [0.5, 0.6) is 0 Å². The quantitative estimate of drug-likeness (QED) is 0.760. The molecule has 0 spiro atoms. The van der Waals surface area contributed by atoms with Crippen LogP contribution in [0.1, 0.15) is 12.5 Å². The van der Waals surface area contributed by atoms with E-state index in [1.54, 1.807) is 0 Å². The molecule has 3 nitrogen and oxygen atoms in total. The number of nitrogens with two attached hydrogens (primary N) is 1. The molecule has 1 atom stereocenters. The van der Waals surface area contributed by atoms with Gasteiger partial charge in [0.2, 0.25) is 5.91 Å². The van der Waals surface area contributed by atoms with Gasteiger partial charge in [0.15, 0.2) is 0 Å². The minimum Gasteiger partial charge on any atom is -0.384 e. The number of amides is 1. The Balaban J connectivity index is 2.46. The second-order valence-corrected chi connectivity index (χ2v) is 3.55. The summed E-state index contributed by atoms with van der Waals surface area (Å²) in [5.41, 5.74) is 7.38. The minimum absolute atomic E-state index is 0.142. The largest absolute Gasteiger partial charge is 0.384 e. The first-order chi connectivity index (χ1) is 6.59.